The molecule has 3 N–H and O–H groups in total. The Kier molecular flexibility index (Phi) is 5.13. The van der Waals surface area contributed by atoms with Crippen molar-refractivity contribution in [3.63, 3.8) is 0 Å². The van der Waals surface area contributed by atoms with E-state index in [1.165, 1.54) is 0 Å². The van der Waals surface area contributed by atoms with Gasteiger partial charge in [-0.05, 0) is 0 Å². The lowest BCUT2D eigenvalue weighted by atomic mass is 10.1. The number of carboxylic acid groups (broad SMARTS) is 1. The lowest BCUT2D eigenvalue weighted by Gasteiger charge is -2.14. The van der Waals surface area contributed by atoms with Gasteiger partial charge in [-0.15, -0.1) is 0 Å². The van der Waals surface area contributed by atoms with Crippen LogP contribution in [0.2, 0.25) is 5.15 Å². The van der Waals surface area contributed by atoms with Gasteiger partial charge in [0.05, 0.1) is 12.3 Å². The fourth-order valence-electron chi connectivity index (χ4n) is 1.99. The van der Waals surface area contributed by atoms with Crippen LogP contribution in [-0.2, 0) is 11.3 Å². The minimum Gasteiger partial charge on any atom is -0.480 e. The molecule has 22 heavy (non-hydrogen) atoms. The zero-order valence-electron chi connectivity index (χ0n) is 11.5. The number of aliphatic carboxylic acids is 1. The summed E-state index contributed by atoms with van der Waals surface area (Å²) in [6, 6.07) is 8.71. The van der Waals surface area contributed by atoms with E-state index < -0.39 is 18.1 Å². The van der Waals surface area contributed by atoms with Crippen LogP contribution < -0.4 is 10.9 Å². The van der Waals surface area contributed by atoms with Crippen molar-refractivity contribution in [3.05, 3.63) is 45.8 Å². The number of carboxylic acids is 1. The Morgan fingerprint density at radius 1 is 1.32 bits per heavy atom. The number of hydrogen-bond donors (Lipinski definition) is 3. The monoisotopic (exact) mass is 323 g/mol. The van der Waals surface area contributed by atoms with Gasteiger partial charge in [0.2, 0.25) is 0 Å². The van der Waals surface area contributed by atoms with E-state index in [0.717, 1.165) is 4.57 Å². The van der Waals surface area contributed by atoms with E-state index in [1.807, 2.05) is 0 Å². The molecule has 0 atom stereocenters. The molecule has 1 aromatic heterocycles. The number of carbonyl (C=O) groups is 1. The van der Waals surface area contributed by atoms with Gasteiger partial charge in [0, 0.05) is 12.1 Å². The molecule has 0 aliphatic rings. The van der Waals surface area contributed by atoms with Gasteiger partial charge in [-0.1, -0.05) is 41.9 Å². The summed E-state index contributed by atoms with van der Waals surface area (Å²) in [7, 11) is 0. The van der Waals surface area contributed by atoms with Crippen LogP contribution in [0.3, 0.4) is 0 Å². The second-order valence-electron chi connectivity index (χ2n) is 4.40. The molecule has 0 saturated carbocycles. The molecule has 0 bridgehead atoms. The SMILES string of the molecule is O=C(O)Cn1c(-c2ccccc2)c(Cl)nc(NCCO)c1=O. The third-order valence-electron chi connectivity index (χ3n) is 2.87. The van der Waals surface area contributed by atoms with E-state index >= 15 is 0 Å². The molecule has 0 aliphatic carbocycles. The van der Waals surface area contributed by atoms with Gasteiger partial charge < -0.3 is 15.5 Å². The van der Waals surface area contributed by atoms with Crippen LogP contribution in [0, 0.1) is 0 Å². The van der Waals surface area contributed by atoms with Gasteiger partial charge in [-0.3, -0.25) is 14.2 Å². The quantitative estimate of drug-likeness (QED) is 0.734. The Bertz CT molecular complexity index is 731. The van der Waals surface area contributed by atoms with Gasteiger partial charge in [0.15, 0.2) is 11.0 Å². The predicted molar refractivity (Wildman–Crippen MR) is 82.2 cm³/mol. The lowest BCUT2D eigenvalue weighted by molar-refractivity contribution is -0.137. The largest absolute Gasteiger partial charge is 0.480 e. The second kappa shape index (κ2) is 7.06. The van der Waals surface area contributed by atoms with E-state index in [4.69, 9.17) is 21.8 Å². The first-order valence-electron chi connectivity index (χ1n) is 6.47. The van der Waals surface area contributed by atoms with E-state index in [2.05, 4.69) is 10.3 Å². The first kappa shape index (κ1) is 16.0. The lowest BCUT2D eigenvalue weighted by Crippen LogP contribution is -2.30. The zero-order valence-corrected chi connectivity index (χ0v) is 12.2. The van der Waals surface area contributed by atoms with Crippen LogP contribution in [0.15, 0.2) is 35.1 Å². The Morgan fingerprint density at radius 3 is 2.59 bits per heavy atom. The molecule has 2 aromatic rings. The number of benzene rings is 1. The molecule has 0 aliphatic heterocycles. The van der Waals surface area contributed by atoms with E-state index in [-0.39, 0.29) is 29.8 Å². The first-order chi connectivity index (χ1) is 10.5. The normalized spacial score (nSPS) is 10.5. The average molecular weight is 324 g/mol. The minimum absolute atomic E-state index is 0.00693. The Hall–Kier alpha value is -2.38. The second-order valence-corrected chi connectivity index (χ2v) is 4.76. The molecule has 0 radical (unpaired) electrons. The van der Waals surface area contributed by atoms with Crippen LogP contribution in [0.25, 0.3) is 11.3 Å². The number of nitrogens with one attached hydrogen (secondary N) is 1. The summed E-state index contributed by atoms with van der Waals surface area (Å²) in [5.74, 6) is -1.27. The smallest absolute Gasteiger partial charge is 0.323 e. The number of anilines is 1. The number of aliphatic hydroxyl groups is 1. The molecule has 2 rings (SSSR count). The molecule has 0 amide bonds. The van der Waals surface area contributed by atoms with Gasteiger partial charge in [-0.2, -0.15) is 0 Å². The highest BCUT2D eigenvalue weighted by Gasteiger charge is 2.18. The summed E-state index contributed by atoms with van der Waals surface area (Å²) < 4.78 is 1.05. The zero-order chi connectivity index (χ0) is 16.1. The molecule has 1 aromatic carbocycles. The third kappa shape index (κ3) is 3.44. The fraction of sp³-hybridized carbons (Fsp3) is 0.214. The van der Waals surface area contributed by atoms with Crippen LogP contribution in [0.4, 0.5) is 5.82 Å². The van der Waals surface area contributed by atoms with Crippen molar-refractivity contribution in [1.29, 1.82) is 0 Å². The number of rotatable bonds is 6. The summed E-state index contributed by atoms with van der Waals surface area (Å²) >= 11 is 6.14. The van der Waals surface area contributed by atoms with Gasteiger partial charge in [0.1, 0.15) is 6.54 Å². The molecule has 0 spiro atoms. The standard InChI is InChI=1S/C14H14ClN3O4/c15-12-11(9-4-2-1-3-5-9)18(8-10(20)21)14(22)13(17-12)16-6-7-19/h1-5,19H,6-8H2,(H,16,17)(H,20,21). The number of aromatic nitrogens is 2. The molecule has 0 saturated heterocycles. The molecule has 7 nitrogen and oxygen atoms in total. The molecule has 116 valence electrons. The molecule has 0 fully saturated rings. The van der Waals surface area contributed by atoms with Crippen LogP contribution in [0.1, 0.15) is 0 Å². The highest BCUT2D eigenvalue weighted by atomic mass is 35.5. The average Bonchev–Trinajstić information content (AvgIpc) is 2.49. The predicted octanol–water partition coefficient (Wildman–Crippen LogP) is 1.05. The first-order valence-corrected chi connectivity index (χ1v) is 6.84. The van der Waals surface area contributed by atoms with Crippen molar-refractivity contribution in [1.82, 2.24) is 9.55 Å². The van der Waals surface area contributed by atoms with E-state index in [9.17, 15) is 9.59 Å². The van der Waals surface area contributed by atoms with E-state index in [0.29, 0.717) is 5.56 Å². The highest BCUT2D eigenvalue weighted by Crippen LogP contribution is 2.25. The summed E-state index contributed by atoms with van der Waals surface area (Å²) in [6.45, 7) is -0.631. The van der Waals surface area contributed by atoms with Crippen molar-refractivity contribution in [2.75, 3.05) is 18.5 Å². The number of hydrogen-bond acceptors (Lipinski definition) is 5. The van der Waals surface area contributed by atoms with Crippen molar-refractivity contribution in [2.45, 2.75) is 6.54 Å². The van der Waals surface area contributed by atoms with E-state index in [1.54, 1.807) is 30.3 Å². The summed E-state index contributed by atoms with van der Waals surface area (Å²) in [5.41, 5.74) is 0.218. The van der Waals surface area contributed by atoms with Crippen molar-refractivity contribution >= 4 is 23.4 Å². The van der Waals surface area contributed by atoms with Crippen molar-refractivity contribution in [3.8, 4) is 11.3 Å². The maximum atomic E-state index is 12.4. The van der Waals surface area contributed by atoms with Crippen molar-refractivity contribution in [2.24, 2.45) is 0 Å². The molecular weight excluding hydrogens is 310 g/mol. The maximum absolute atomic E-state index is 12.4. The molecular formula is C14H14ClN3O4. The van der Waals surface area contributed by atoms with Gasteiger partial charge in [-0.25, -0.2) is 4.98 Å². The number of nitrogens with zero attached hydrogens (tertiary/aromatic N) is 2. The summed E-state index contributed by atoms with van der Waals surface area (Å²) in [4.78, 5) is 27.4. The Balaban J connectivity index is 2.64. The summed E-state index contributed by atoms with van der Waals surface area (Å²) in [5, 5.41) is 20.5. The topological polar surface area (TPSA) is 104 Å². The Labute approximate surface area is 130 Å². The van der Waals surface area contributed by atoms with Crippen molar-refractivity contribution < 1.29 is 15.0 Å². The summed E-state index contributed by atoms with van der Waals surface area (Å²) in [6.07, 6.45) is 0. The highest BCUT2D eigenvalue weighted by molar-refractivity contribution is 6.32. The van der Waals surface area contributed by atoms with Crippen LogP contribution >= 0.6 is 11.6 Å². The maximum Gasteiger partial charge on any atom is 0.323 e. The third-order valence-corrected chi connectivity index (χ3v) is 3.13. The van der Waals surface area contributed by atoms with Crippen LogP contribution in [0.5, 0.6) is 0 Å². The minimum atomic E-state index is -1.17. The molecule has 0 unspecified atom stereocenters. The Morgan fingerprint density at radius 2 is 2.00 bits per heavy atom. The fourth-order valence-corrected chi connectivity index (χ4v) is 2.28. The van der Waals surface area contributed by atoms with Gasteiger partial charge >= 0.3 is 5.97 Å². The molecule has 8 heteroatoms. The number of halogens is 1. The molecule has 1 heterocycles. The van der Waals surface area contributed by atoms with Gasteiger partial charge in [0.25, 0.3) is 5.56 Å². The van der Waals surface area contributed by atoms with Crippen LogP contribution in [-0.4, -0.2) is 38.9 Å². The number of aliphatic hydroxyl groups excluding tert-OH is 1.